The van der Waals surface area contributed by atoms with Crippen LogP contribution in [0, 0.1) is 0 Å². The third-order valence-electron chi connectivity index (χ3n) is 4.98. The number of rotatable bonds is 5. The first-order chi connectivity index (χ1) is 13.7. The van der Waals surface area contributed by atoms with Crippen molar-refractivity contribution in [2.75, 3.05) is 6.61 Å². The number of carbonyl (C=O) groups excluding carboxylic acids is 2. The number of benzene rings is 2. The Bertz CT molecular complexity index is 934. The summed E-state index contributed by atoms with van der Waals surface area (Å²) in [4.78, 5) is 24.6. The van der Waals surface area contributed by atoms with E-state index in [0.717, 1.165) is 17.5 Å². The highest BCUT2D eigenvalue weighted by atomic mass is 16.5. The molecule has 1 fully saturated rings. The van der Waals surface area contributed by atoms with Gasteiger partial charge in [0.2, 0.25) is 0 Å². The van der Waals surface area contributed by atoms with Crippen molar-refractivity contribution in [3.05, 3.63) is 70.8 Å². The number of Topliss-reactive ketones (excluding diaryl/α,β-unsaturated/α-hetero) is 1. The molecule has 3 rings (SSSR count). The van der Waals surface area contributed by atoms with Gasteiger partial charge in [0.1, 0.15) is 11.5 Å². The van der Waals surface area contributed by atoms with Crippen molar-refractivity contribution in [3.8, 4) is 5.75 Å². The largest absolute Gasteiger partial charge is 0.507 e. The lowest BCUT2D eigenvalue weighted by atomic mass is 9.85. The summed E-state index contributed by atoms with van der Waals surface area (Å²) in [5, 5.41) is 13.5. The van der Waals surface area contributed by atoms with Gasteiger partial charge >= 0.3 is 0 Å². The summed E-state index contributed by atoms with van der Waals surface area (Å²) < 4.78 is 5.55. The van der Waals surface area contributed by atoms with Gasteiger partial charge in [0.15, 0.2) is 0 Å². The third-order valence-corrected chi connectivity index (χ3v) is 4.98. The number of nitrogens with one attached hydrogen (secondary N) is 1. The summed E-state index contributed by atoms with van der Waals surface area (Å²) in [6, 6.07) is 13.9. The van der Waals surface area contributed by atoms with Crippen LogP contribution in [0.4, 0.5) is 0 Å². The second-order valence-corrected chi connectivity index (χ2v) is 8.24. The molecule has 1 aliphatic rings. The van der Waals surface area contributed by atoms with Crippen LogP contribution >= 0.6 is 0 Å². The van der Waals surface area contributed by atoms with Crippen LogP contribution in [-0.2, 0) is 15.0 Å². The fourth-order valence-electron chi connectivity index (χ4n) is 3.28. The second kappa shape index (κ2) is 8.11. The first-order valence-electron chi connectivity index (χ1n) is 9.84. The number of hydrogen-bond donors (Lipinski definition) is 2. The van der Waals surface area contributed by atoms with Gasteiger partial charge in [-0.1, -0.05) is 52.0 Å². The molecular weight excluding hydrogens is 366 g/mol. The van der Waals surface area contributed by atoms with Gasteiger partial charge in [0, 0.05) is 5.56 Å². The van der Waals surface area contributed by atoms with Crippen LogP contribution in [-0.4, -0.2) is 23.4 Å². The summed E-state index contributed by atoms with van der Waals surface area (Å²) >= 11 is 0. The number of ketones is 1. The number of carbonyl (C=O) groups is 2. The Morgan fingerprint density at radius 3 is 2.21 bits per heavy atom. The van der Waals surface area contributed by atoms with Gasteiger partial charge in [-0.2, -0.15) is 0 Å². The molecule has 0 spiro atoms. The van der Waals surface area contributed by atoms with Crippen LogP contribution in [0.1, 0.15) is 56.8 Å². The smallest absolute Gasteiger partial charge is 0.293 e. The Morgan fingerprint density at radius 2 is 1.66 bits per heavy atom. The van der Waals surface area contributed by atoms with E-state index in [2.05, 4.69) is 26.1 Å². The lowest BCUT2D eigenvalue weighted by molar-refractivity contribution is -0.133. The van der Waals surface area contributed by atoms with Gasteiger partial charge in [0.25, 0.3) is 11.7 Å². The van der Waals surface area contributed by atoms with E-state index in [4.69, 9.17) is 4.74 Å². The highest BCUT2D eigenvalue weighted by molar-refractivity contribution is 6.46. The summed E-state index contributed by atoms with van der Waals surface area (Å²) in [7, 11) is 0. The highest BCUT2D eigenvalue weighted by Crippen LogP contribution is 2.34. The van der Waals surface area contributed by atoms with Crippen molar-refractivity contribution in [1.29, 1.82) is 0 Å². The Morgan fingerprint density at radius 1 is 1.03 bits per heavy atom. The van der Waals surface area contributed by atoms with E-state index in [1.165, 1.54) is 0 Å². The predicted molar refractivity (Wildman–Crippen MR) is 113 cm³/mol. The van der Waals surface area contributed by atoms with Gasteiger partial charge in [-0.15, -0.1) is 0 Å². The average molecular weight is 393 g/mol. The second-order valence-electron chi connectivity index (χ2n) is 8.24. The molecule has 2 N–H and O–H groups in total. The van der Waals surface area contributed by atoms with E-state index in [-0.39, 0.29) is 16.7 Å². The van der Waals surface area contributed by atoms with Crippen molar-refractivity contribution >= 4 is 17.4 Å². The molecule has 2 aromatic rings. The number of amides is 1. The minimum atomic E-state index is -0.710. The number of aliphatic hydroxyl groups is 1. The summed E-state index contributed by atoms with van der Waals surface area (Å²) in [6.07, 6.45) is 0.898. The molecule has 0 aliphatic carbocycles. The Labute approximate surface area is 171 Å². The van der Waals surface area contributed by atoms with Crippen LogP contribution < -0.4 is 10.1 Å². The molecule has 1 aliphatic heterocycles. The molecule has 1 heterocycles. The fraction of sp³-hybridized carbons (Fsp3) is 0.333. The monoisotopic (exact) mass is 393 g/mol. The predicted octanol–water partition coefficient (Wildman–Crippen LogP) is 4.48. The molecule has 5 heteroatoms. The van der Waals surface area contributed by atoms with Crippen molar-refractivity contribution in [1.82, 2.24) is 5.32 Å². The lowest BCUT2D eigenvalue weighted by Crippen LogP contribution is -2.21. The van der Waals surface area contributed by atoms with Gasteiger partial charge in [-0.3, -0.25) is 9.59 Å². The zero-order valence-electron chi connectivity index (χ0n) is 17.3. The number of ether oxygens (including phenoxy) is 1. The molecule has 0 radical (unpaired) electrons. The summed E-state index contributed by atoms with van der Waals surface area (Å²) in [5.41, 5.74) is 2.43. The molecule has 152 valence electrons. The lowest BCUT2D eigenvalue weighted by Gasteiger charge is -2.20. The quantitative estimate of drug-likeness (QED) is 0.446. The fourth-order valence-corrected chi connectivity index (χ4v) is 3.28. The van der Waals surface area contributed by atoms with Crippen LogP contribution in [0.25, 0.3) is 5.76 Å². The standard InChI is InChI=1S/C24H27NO4/c1-5-14-29-18-12-8-16(9-13-18)21(26)19-20(25-23(28)22(19)27)15-6-10-17(11-7-15)24(2,3)4/h6-13,20,26H,5,14H2,1-4H3,(H,25,28)/b21-19+. The zero-order valence-corrected chi connectivity index (χ0v) is 17.3. The molecule has 0 aromatic heterocycles. The first kappa shape index (κ1) is 20.6. The molecule has 1 saturated heterocycles. The Kier molecular flexibility index (Phi) is 5.78. The van der Waals surface area contributed by atoms with Crippen molar-refractivity contribution < 1.29 is 19.4 Å². The third kappa shape index (κ3) is 4.34. The normalized spacial score (nSPS) is 18.6. The van der Waals surface area contributed by atoms with Gasteiger partial charge in [-0.05, 0) is 47.2 Å². The van der Waals surface area contributed by atoms with E-state index in [0.29, 0.717) is 17.9 Å². The van der Waals surface area contributed by atoms with E-state index in [1.807, 2.05) is 31.2 Å². The van der Waals surface area contributed by atoms with Gasteiger partial charge in [-0.25, -0.2) is 0 Å². The maximum atomic E-state index is 12.5. The summed E-state index contributed by atoms with van der Waals surface area (Å²) in [5.74, 6) is -0.923. The molecule has 5 nitrogen and oxygen atoms in total. The maximum absolute atomic E-state index is 12.5. The molecule has 1 atom stereocenters. The molecule has 29 heavy (non-hydrogen) atoms. The van der Waals surface area contributed by atoms with Crippen LogP contribution in [0.3, 0.4) is 0 Å². The maximum Gasteiger partial charge on any atom is 0.293 e. The topological polar surface area (TPSA) is 75.6 Å². The highest BCUT2D eigenvalue weighted by Gasteiger charge is 2.39. The van der Waals surface area contributed by atoms with E-state index < -0.39 is 17.7 Å². The van der Waals surface area contributed by atoms with Crippen LogP contribution in [0.2, 0.25) is 0 Å². The molecule has 0 saturated carbocycles. The minimum Gasteiger partial charge on any atom is -0.507 e. The number of aliphatic hydroxyl groups excluding tert-OH is 1. The zero-order chi connectivity index (χ0) is 21.2. The first-order valence-corrected chi connectivity index (χ1v) is 9.84. The van der Waals surface area contributed by atoms with E-state index in [1.54, 1.807) is 24.3 Å². The molecule has 0 bridgehead atoms. The SMILES string of the molecule is CCCOc1ccc(/C(O)=C2\C(=O)C(=O)NC2c2ccc(C(C)(C)C)cc2)cc1. The minimum absolute atomic E-state index is 0.00429. The van der Waals surface area contributed by atoms with Crippen LogP contribution in [0.5, 0.6) is 5.75 Å². The number of hydrogen-bond acceptors (Lipinski definition) is 4. The van der Waals surface area contributed by atoms with Crippen molar-refractivity contribution in [3.63, 3.8) is 0 Å². The van der Waals surface area contributed by atoms with Gasteiger partial charge < -0.3 is 15.2 Å². The molecule has 1 unspecified atom stereocenters. The molecular formula is C24H27NO4. The van der Waals surface area contributed by atoms with Crippen molar-refractivity contribution in [2.45, 2.75) is 45.6 Å². The molecule has 1 amide bonds. The van der Waals surface area contributed by atoms with Crippen molar-refractivity contribution in [2.24, 2.45) is 0 Å². The van der Waals surface area contributed by atoms with Crippen LogP contribution in [0.15, 0.2) is 54.1 Å². The Hall–Kier alpha value is -3.08. The Balaban J connectivity index is 1.96. The van der Waals surface area contributed by atoms with Gasteiger partial charge in [0.05, 0.1) is 18.2 Å². The van der Waals surface area contributed by atoms with E-state index in [9.17, 15) is 14.7 Å². The summed E-state index contributed by atoms with van der Waals surface area (Å²) in [6.45, 7) is 8.99. The average Bonchev–Trinajstić information content (AvgIpc) is 3.00. The van der Waals surface area contributed by atoms with E-state index >= 15 is 0 Å². The molecule has 2 aromatic carbocycles.